The van der Waals surface area contributed by atoms with E-state index in [9.17, 15) is 0 Å². The molecule has 0 saturated heterocycles. The van der Waals surface area contributed by atoms with Gasteiger partial charge in [0, 0.05) is 11.1 Å². The second-order valence-electron chi connectivity index (χ2n) is 12.2. The molecule has 0 spiro atoms. The van der Waals surface area contributed by atoms with Crippen LogP contribution in [0.1, 0.15) is 0 Å². The molecule has 0 aliphatic heterocycles. The van der Waals surface area contributed by atoms with Crippen molar-refractivity contribution in [1.29, 1.82) is 0 Å². The van der Waals surface area contributed by atoms with E-state index in [-0.39, 0.29) is 0 Å². The number of hydrogen-bond acceptors (Lipinski definition) is 0. The van der Waals surface area contributed by atoms with E-state index < -0.39 is 7.26 Å². The zero-order chi connectivity index (χ0) is 32.9. The van der Waals surface area contributed by atoms with Crippen LogP contribution < -0.4 is 21.2 Å². The van der Waals surface area contributed by atoms with E-state index >= 15 is 0 Å². The molecule has 0 nitrogen and oxygen atoms in total. The Morgan fingerprint density at radius 3 is 1.02 bits per heavy atom. The standard InChI is InChI=1S/C48H36P/c1-7-21-37(22-8-1)43-33-19-20-34-45(43)48-46(36-35-44(38-23-9-2-10-24-38)47(48)39-25-11-3-12-26-39)49(40-27-13-4-14-28-40,41-29-15-5-16-30-41)42-31-17-6-18-32-42/h1-36H/q+1. The zero-order valence-corrected chi connectivity index (χ0v) is 28.1. The van der Waals surface area contributed by atoms with Crippen LogP contribution in [0.4, 0.5) is 0 Å². The molecule has 49 heavy (non-hydrogen) atoms. The first-order valence-corrected chi connectivity index (χ1v) is 18.6. The lowest BCUT2D eigenvalue weighted by Crippen LogP contribution is -2.39. The highest BCUT2D eigenvalue weighted by molar-refractivity contribution is 8.01. The molecule has 0 radical (unpaired) electrons. The minimum Gasteiger partial charge on any atom is -0.0622 e. The molecule has 0 unspecified atom stereocenters. The fourth-order valence-corrected chi connectivity index (χ4v) is 11.7. The maximum atomic E-state index is 2.45. The van der Waals surface area contributed by atoms with E-state index in [4.69, 9.17) is 0 Å². The summed E-state index contributed by atoms with van der Waals surface area (Å²) in [5.41, 5.74) is 9.81. The van der Waals surface area contributed by atoms with Gasteiger partial charge in [0.25, 0.3) is 0 Å². The summed E-state index contributed by atoms with van der Waals surface area (Å²) < 4.78 is 0. The van der Waals surface area contributed by atoms with Gasteiger partial charge in [-0.05, 0) is 81.9 Å². The number of benzene rings is 8. The van der Waals surface area contributed by atoms with Gasteiger partial charge in [0.05, 0.1) is 0 Å². The van der Waals surface area contributed by atoms with Crippen molar-refractivity contribution >= 4 is 28.5 Å². The highest BCUT2D eigenvalue weighted by Crippen LogP contribution is 2.58. The lowest BCUT2D eigenvalue weighted by molar-refractivity contribution is 1.56. The highest BCUT2D eigenvalue weighted by Gasteiger charge is 2.50. The van der Waals surface area contributed by atoms with Crippen molar-refractivity contribution < 1.29 is 0 Å². The average Bonchev–Trinajstić information content (AvgIpc) is 3.20. The first-order chi connectivity index (χ1) is 24.4. The van der Waals surface area contributed by atoms with E-state index in [1.165, 1.54) is 65.7 Å². The molecule has 0 aromatic heterocycles. The highest BCUT2D eigenvalue weighted by atomic mass is 31.2. The minimum atomic E-state index is -2.48. The van der Waals surface area contributed by atoms with Crippen LogP contribution in [0.2, 0.25) is 0 Å². The molecule has 0 bridgehead atoms. The topological polar surface area (TPSA) is 0 Å². The van der Waals surface area contributed by atoms with Gasteiger partial charge in [0.15, 0.2) is 0 Å². The van der Waals surface area contributed by atoms with E-state index in [0.717, 1.165) is 0 Å². The predicted octanol–water partition coefficient (Wildman–Crippen LogP) is 11.0. The van der Waals surface area contributed by atoms with Gasteiger partial charge in [0.1, 0.15) is 28.5 Å². The van der Waals surface area contributed by atoms with Crippen molar-refractivity contribution in [1.82, 2.24) is 0 Å². The van der Waals surface area contributed by atoms with Gasteiger partial charge in [-0.2, -0.15) is 0 Å². The fourth-order valence-electron chi connectivity index (χ4n) is 7.30. The average molecular weight is 644 g/mol. The molecule has 0 amide bonds. The van der Waals surface area contributed by atoms with Crippen molar-refractivity contribution in [3.63, 3.8) is 0 Å². The third-order valence-corrected chi connectivity index (χ3v) is 13.7. The van der Waals surface area contributed by atoms with Crippen molar-refractivity contribution in [3.8, 4) is 44.5 Å². The largest absolute Gasteiger partial charge is 0.144 e. The van der Waals surface area contributed by atoms with Crippen molar-refractivity contribution in [2.24, 2.45) is 0 Å². The summed E-state index contributed by atoms with van der Waals surface area (Å²) >= 11 is 0. The van der Waals surface area contributed by atoms with Gasteiger partial charge in [-0.15, -0.1) is 0 Å². The molecule has 0 heterocycles. The monoisotopic (exact) mass is 643 g/mol. The summed E-state index contributed by atoms with van der Waals surface area (Å²) in [5, 5.41) is 5.34. The molecule has 0 saturated carbocycles. The third kappa shape index (κ3) is 5.61. The Hall–Kier alpha value is -5.81. The molecule has 8 aromatic rings. The maximum absolute atomic E-state index is 2.48. The van der Waals surface area contributed by atoms with Crippen LogP contribution in [-0.2, 0) is 0 Å². The van der Waals surface area contributed by atoms with Crippen molar-refractivity contribution in [2.45, 2.75) is 0 Å². The molecule has 232 valence electrons. The Morgan fingerprint density at radius 2 is 0.571 bits per heavy atom. The van der Waals surface area contributed by atoms with E-state index in [2.05, 4.69) is 218 Å². The molecule has 8 aromatic carbocycles. The van der Waals surface area contributed by atoms with Gasteiger partial charge in [-0.1, -0.05) is 170 Å². The van der Waals surface area contributed by atoms with Crippen molar-refractivity contribution in [2.75, 3.05) is 0 Å². The fraction of sp³-hybridized carbons (Fsp3) is 0. The van der Waals surface area contributed by atoms with Crippen LogP contribution in [0.5, 0.6) is 0 Å². The summed E-state index contributed by atoms with van der Waals surface area (Å²) in [4.78, 5) is 0. The third-order valence-electron chi connectivity index (χ3n) is 9.40. The molecule has 0 N–H and O–H groups in total. The number of hydrogen-bond donors (Lipinski definition) is 0. The summed E-state index contributed by atoms with van der Waals surface area (Å²) in [6.07, 6.45) is 0. The second kappa shape index (κ2) is 13.7. The van der Waals surface area contributed by atoms with Crippen LogP contribution in [0.15, 0.2) is 218 Å². The summed E-state index contributed by atoms with van der Waals surface area (Å²) in [6, 6.07) is 80.1. The molecule has 8 rings (SSSR count). The van der Waals surface area contributed by atoms with Gasteiger partial charge in [0.2, 0.25) is 0 Å². The van der Waals surface area contributed by atoms with E-state index in [1.54, 1.807) is 0 Å². The SMILES string of the molecule is c1ccc(-c2ccccc2-c2c([P+](c3ccccc3)(c3ccccc3)c3ccccc3)ccc(-c3ccccc3)c2-c2ccccc2)cc1. The first-order valence-electron chi connectivity index (χ1n) is 16.8. The van der Waals surface area contributed by atoms with Crippen molar-refractivity contribution in [3.05, 3.63) is 218 Å². The van der Waals surface area contributed by atoms with Gasteiger partial charge in [-0.3, -0.25) is 0 Å². The van der Waals surface area contributed by atoms with E-state index in [0.29, 0.717) is 0 Å². The van der Waals surface area contributed by atoms with Crippen LogP contribution >= 0.6 is 7.26 Å². The smallest absolute Gasteiger partial charge is 0.0622 e. The number of rotatable bonds is 8. The molecule has 0 atom stereocenters. The van der Waals surface area contributed by atoms with Crippen LogP contribution in [-0.4, -0.2) is 0 Å². The molecule has 0 fully saturated rings. The molecular weight excluding hydrogens is 608 g/mol. The normalized spacial score (nSPS) is 11.3. The molecular formula is C48H36P+. The van der Waals surface area contributed by atoms with Crippen LogP contribution in [0.25, 0.3) is 44.5 Å². The molecule has 0 aliphatic carbocycles. The molecule has 1 heteroatoms. The Labute approximate surface area is 290 Å². The van der Waals surface area contributed by atoms with Crippen LogP contribution in [0, 0.1) is 0 Å². The lowest BCUT2D eigenvalue weighted by Gasteiger charge is -2.31. The minimum absolute atomic E-state index is 1.20. The Balaban J connectivity index is 1.62. The Morgan fingerprint density at radius 1 is 0.224 bits per heavy atom. The van der Waals surface area contributed by atoms with Crippen LogP contribution in [0.3, 0.4) is 0 Å². The lowest BCUT2D eigenvalue weighted by atomic mass is 9.85. The van der Waals surface area contributed by atoms with Gasteiger partial charge in [-0.25, -0.2) is 0 Å². The second-order valence-corrected chi connectivity index (χ2v) is 15.6. The Bertz CT molecular complexity index is 2180. The molecule has 0 aliphatic rings. The summed E-state index contributed by atoms with van der Waals surface area (Å²) in [7, 11) is -2.48. The van der Waals surface area contributed by atoms with Gasteiger partial charge < -0.3 is 0 Å². The van der Waals surface area contributed by atoms with E-state index in [1.807, 2.05) is 0 Å². The summed E-state index contributed by atoms with van der Waals surface area (Å²) in [6.45, 7) is 0. The zero-order valence-electron chi connectivity index (χ0n) is 27.2. The summed E-state index contributed by atoms with van der Waals surface area (Å²) in [5.74, 6) is 0. The first kappa shape index (κ1) is 30.5. The maximum Gasteiger partial charge on any atom is 0.144 e. The Kier molecular flexibility index (Phi) is 8.55. The predicted molar refractivity (Wildman–Crippen MR) is 213 cm³/mol. The van der Waals surface area contributed by atoms with Gasteiger partial charge >= 0.3 is 0 Å². The quantitative estimate of drug-likeness (QED) is 0.145.